The molecule has 0 aliphatic heterocycles. The number of halogens is 1. The largest absolute Gasteiger partial charge is 0.457 e. The summed E-state index contributed by atoms with van der Waals surface area (Å²) in [6.07, 6.45) is 0.794. The van der Waals surface area contributed by atoms with Crippen molar-refractivity contribution >= 4 is 22.2 Å². The minimum absolute atomic E-state index is 0.531. The molecule has 0 amide bonds. The molecule has 3 heteroatoms. The molecule has 18 heavy (non-hydrogen) atoms. The molecule has 0 saturated carbocycles. The molecule has 0 aliphatic carbocycles. The van der Waals surface area contributed by atoms with Crippen LogP contribution in [0.25, 0.3) is 0 Å². The first-order valence-electron chi connectivity index (χ1n) is 5.59. The number of rotatable bonds is 3. The van der Waals surface area contributed by atoms with Gasteiger partial charge in [0.1, 0.15) is 11.5 Å². The Hall–Kier alpha value is -1.61. The minimum Gasteiger partial charge on any atom is -0.457 e. The summed E-state index contributed by atoms with van der Waals surface area (Å²) >= 11 is 3.33. The first-order chi connectivity index (χ1) is 8.58. The lowest BCUT2D eigenvalue weighted by molar-refractivity contribution is 0.112. The van der Waals surface area contributed by atoms with Crippen LogP contribution in [0, 0.1) is 13.8 Å². The lowest BCUT2D eigenvalue weighted by Crippen LogP contribution is -1.91. The topological polar surface area (TPSA) is 26.3 Å². The van der Waals surface area contributed by atoms with Crippen molar-refractivity contribution in [1.82, 2.24) is 0 Å². The quantitative estimate of drug-likeness (QED) is 0.770. The Balaban J connectivity index is 2.36. The molecule has 0 atom stereocenters. The average molecular weight is 305 g/mol. The van der Waals surface area contributed by atoms with E-state index in [1.54, 1.807) is 12.1 Å². The van der Waals surface area contributed by atoms with Crippen LogP contribution in [-0.4, -0.2) is 6.29 Å². The molecule has 2 nitrogen and oxygen atoms in total. The maximum Gasteiger partial charge on any atom is 0.153 e. The molecule has 0 spiro atoms. The number of hydrogen-bond acceptors (Lipinski definition) is 2. The normalized spacial score (nSPS) is 10.2. The van der Waals surface area contributed by atoms with Crippen LogP contribution in [0.2, 0.25) is 0 Å². The van der Waals surface area contributed by atoms with E-state index in [9.17, 15) is 4.79 Å². The Kier molecular flexibility index (Phi) is 3.82. The smallest absolute Gasteiger partial charge is 0.153 e. The SMILES string of the molecule is Cc1cc(C)cc(Oc2ccc(Br)cc2C=O)c1. The van der Waals surface area contributed by atoms with Crippen LogP contribution in [0.1, 0.15) is 21.5 Å². The molecule has 0 bridgehead atoms. The fourth-order valence-electron chi connectivity index (χ4n) is 1.82. The molecule has 0 aliphatic rings. The number of carbonyl (C=O) groups is 1. The van der Waals surface area contributed by atoms with Gasteiger partial charge in [0.25, 0.3) is 0 Å². The molecule has 0 fully saturated rings. The molecule has 0 heterocycles. The van der Waals surface area contributed by atoms with Gasteiger partial charge in [-0.15, -0.1) is 0 Å². The zero-order valence-electron chi connectivity index (χ0n) is 10.2. The fourth-order valence-corrected chi connectivity index (χ4v) is 2.20. The number of benzene rings is 2. The molecule has 92 valence electrons. The monoisotopic (exact) mass is 304 g/mol. The van der Waals surface area contributed by atoms with Crippen molar-refractivity contribution in [3.05, 3.63) is 57.6 Å². The maximum atomic E-state index is 11.0. The van der Waals surface area contributed by atoms with Gasteiger partial charge in [0, 0.05) is 4.47 Å². The van der Waals surface area contributed by atoms with E-state index >= 15 is 0 Å². The molecule has 0 aromatic heterocycles. The van der Waals surface area contributed by atoms with Crippen LogP contribution >= 0.6 is 15.9 Å². The molecule has 2 aromatic carbocycles. The van der Waals surface area contributed by atoms with Gasteiger partial charge in [0.2, 0.25) is 0 Å². The van der Waals surface area contributed by atoms with Gasteiger partial charge >= 0.3 is 0 Å². The van der Waals surface area contributed by atoms with Gasteiger partial charge in [-0.05, 0) is 55.3 Å². The Morgan fingerprint density at radius 1 is 1.06 bits per heavy atom. The van der Waals surface area contributed by atoms with Crippen LogP contribution in [0.5, 0.6) is 11.5 Å². The van der Waals surface area contributed by atoms with Crippen molar-refractivity contribution in [2.24, 2.45) is 0 Å². The first kappa shape index (κ1) is 12.8. The predicted octanol–water partition coefficient (Wildman–Crippen LogP) is 4.67. The minimum atomic E-state index is 0.531. The highest BCUT2D eigenvalue weighted by Gasteiger charge is 2.05. The van der Waals surface area contributed by atoms with Gasteiger partial charge in [-0.2, -0.15) is 0 Å². The zero-order chi connectivity index (χ0) is 13.1. The highest BCUT2D eigenvalue weighted by atomic mass is 79.9. The van der Waals surface area contributed by atoms with Gasteiger partial charge in [-0.1, -0.05) is 22.0 Å². The third-order valence-electron chi connectivity index (χ3n) is 2.52. The molecular formula is C15H13BrO2. The van der Waals surface area contributed by atoms with Gasteiger partial charge in [-0.25, -0.2) is 0 Å². The van der Waals surface area contributed by atoms with E-state index < -0.39 is 0 Å². The maximum absolute atomic E-state index is 11.0. The summed E-state index contributed by atoms with van der Waals surface area (Å²) in [4.78, 5) is 11.0. The Labute approximate surface area is 115 Å². The second kappa shape index (κ2) is 5.36. The summed E-state index contributed by atoms with van der Waals surface area (Å²) in [5, 5.41) is 0. The van der Waals surface area contributed by atoms with Crippen LogP contribution in [0.4, 0.5) is 0 Å². The number of aldehydes is 1. The summed E-state index contributed by atoms with van der Waals surface area (Å²) in [6.45, 7) is 4.03. The van der Waals surface area contributed by atoms with E-state index in [1.165, 1.54) is 0 Å². The molecule has 2 rings (SSSR count). The van der Waals surface area contributed by atoms with E-state index in [-0.39, 0.29) is 0 Å². The molecule has 2 aromatic rings. The predicted molar refractivity (Wildman–Crippen MR) is 75.5 cm³/mol. The van der Waals surface area contributed by atoms with E-state index in [2.05, 4.69) is 22.0 Å². The molecule has 0 unspecified atom stereocenters. The van der Waals surface area contributed by atoms with Crippen molar-refractivity contribution < 1.29 is 9.53 Å². The zero-order valence-corrected chi connectivity index (χ0v) is 11.8. The highest BCUT2D eigenvalue weighted by Crippen LogP contribution is 2.28. The van der Waals surface area contributed by atoms with Crippen molar-refractivity contribution in [3.63, 3.8) is 0 Å². The van der Waals surface area contributed by atoms with Crippen molar-refractivity contribution in [3.8, 4) is 11.5 Å². The summed E-state index contributed by atoms with van der Waals surface area (Å²) in [6, 6.07) is 11.4. The molecular weight excluding hydrogens is 292 g/mol. The fraction of sp³-hybridized carbons (Fsp3) is 0.133. The van der Waals surface area contributed by atoms with E-state index in [0.717, 1.165) is 27.6 Å². The van der Waals surface area contributed by atoms with Crippen LogP contribution in [-0.2, 0) is 0 Å². The summed E-state index contributed by atoms with van der Waals surface area (Å²) < 4.78 is 6.62. The second-order valence-electron chi connectivity index (χ2n) is 4.23. The average Bonchev–Trinajstić information content (AvgIpc) is 2.30. The number of hydrogen-bond donors (Lipinski definition) is 0. The van der Waals surface area contributed by atoms with Gasteiger partial charge < -0.3 is 4.74 Å². The Morgan fingerprint density at radius 3 is 2.33 bits per heavy atom. The standard InChI is InChI=1S/C15H13BrO2/c1-10-5-11(2)7-14(6-10)18-15-4-3-13(16)8-12(15)9-17/h3-9H,1-2H3. The Bertz CT molecular complexity index is 571. The number of ether oxygens (including phenoxy) is 1. The van der Waals surface area contributed by atoms with Crippen molar-refractivity contribution in [2.45, 2.75) is 13.8 Å². The van der Waals surface area contributed by atoms with Crippen LogP contribution < -0.4 is 4.74 Å². The molecule has 0 saturated heterocycles. The van der Waals surface area contributed by atoms with Gasteiger partial charge in [0.15, 0.2) is 6.29 Å². The van der Waals surface area contributed by atoms with E-state index in [1.807, 2.05) is 32.0 Å². The van der Waals surface area contributed by atoms with Crippen molar-refractivity contribution in [1.29, 1.82) is 0 Å². The lowest BCUT2D eigenvalue weighted by atomic mass is 10.1. The Morgan fingerprint density at radius 2 is 1.72 bits per heavy atom. The molecule has 0 N–H and O–H groups in total. The summed E-state index contributed by atoms with van der Waals surface area (Å²) in [5.74, 6) is 1.32. The first-order valence-corrected chi connectivity index (χ1v) is 6.38. The third-order valence-corrected chi connectivity index (χ3v) is 3.02. The molecule has 0 radical (unpaired) electrons. The van der Waals surface area contributed by atoms with E-state index in [0.29, 0.717) is 11.3 Å². The van der Waals surface area contributed by atoms with Crippen LogP contribution in [0.3, 0.4) is 0 Å². The van der Waals surface area contributed by atoms with Crippen LogP contribution in [0.15, 0.2) is 40.9 Å². The number of aryl methyl sites for hydroxylation is 2. The van der Waals surface area contributed by atoms with Gasteiger partial charge in [0.05, 0.1) is 5.56 Å². The second-order valence-corrected chi connectivity index (χ2v) is 5.14. The third kappa shape index (κ3) is 2.99. The summed E-state index contributed by atoms with van der Waals surface area (Å²) in [7, 11) is 0. The lowest BCUT2D eigenvalue weighted by Gasteiger charge is -2.10. The van der Waals surface area contributed by atoms with Crippen molar-refractivity contribution in [2.75, 3.05) is 0 Å². The number of carbonyl (C=O) groups excluding carboxylic acids is 1. The van der Waals surface area contributed by atoms with E-state index in [4.69, 9.17) is 4.74 Å². The summed E-state index contributed by atoms with van der Waals surface area (Å²) in [5.41, 5.74) is 2.80. The highest BCUT2D eigenvalue weighted by molar-refractivity contribution is 9.10. The van der Waals surface area contributed by atoms with Gasteiger partial charge in [-0.3, -0.25) is 4.79 Å².